The second kappa shape index (κ2) is 10.6. The number of pyridine rings is 1. The van der Waals surface area contributed by atoms with Crippen molar-refractivity contribution in [3.05, 3.63) is 41.1 Å². The predicted octanol–water partition coefficient (Wildman–Crippen LogP) is 3.23. The van der Waals surface area contributed by atoms with Gasteiger partial charge in [0.05, 0.1) is 24.4 Å². The maximum Gasteiger partial charge on any atom is 0.225 e. The van der Waals surface area contributed by atoms with Gasteiger partial charge in [-0.2, -0.15) is 0 Å². The van der Waals surface area contributed by atoms with Crippen LogP contribution in [-0.2, 0) is 20.9 Å². The summed E-state index contributed by atoms with van der Waals surface area (Å²) in [5.74, 6) is 1.39. The van der Waals surface area contributed by atoms with Crippen molar-refractivity contribution < 1.29 is 14.3 Å². The number of carbonyl (C=O) groups excluding carboxylic acids is 2. The first kappa shape index (κ1) is 25.0. The number of anilines is 2. The van der Waals surface area contributed by atoms with Crippen LogP contribution in [0, 0.1) is 6.92 Å². The SMILES string of the molecule is COCCC(=O)N1CCN(c2nc(C3CC3)c(-c3ccc(CNC(C)=O)cc3)c(C)c2N)C[C@H]1C. The molecule has 2 fully saturated rings. The number of nitrogens with two attached hydrogens (primary N) is 1. The van der Waals surface area contributed by atoms with Gasteiger partial charge in [-0.15, -0.1) is 0 Å². The minimum atomic E-state index is -0.0389. The van der Waals surface area contributed by atoms with E-state index in [0.29, 0.717) is 50.8 Å². The lowest BCUT2D eigenvalue weighted by Crippen LogP contribution is -2.54. The molecule has 0 radical (unpaired) electrons. The average molecular weight is 480 g/mol. The number of nitrogen functional groups attached to an aromatic ring is 1. The van der Waals surface area contributed by atoms with E-state index < -0.39 is 0 Å². The van der Waals surface area contributed by atoms with Gasteiger partial charge in [-0.25, -0.2) is 4.98 Å². The second-order valence-electron chi connectivity index (χ2n) is 9.74. The van der Waals surface area contributed by atoms with Gasteiger partial charge in [0.25, 0.3) is 0 Å². The zero-order valence-electron chi connectivity index (χ0n) is 21.3. The summed E-state index contributed by atoms with van der Waals surface area (Å²) in [5.41, 5.74) is 12.9. The molecule has 4 rings (SSSR count). The molecule has 8 nitrogen and oxygen atoms in total. The fourth-order valence-electron chi connectivity index (χ4n) is 4.85. The van der Waals surface area contributed by atoms with Gasteiger partial charge in [0.1, 0.15) is 0 Å². The standard InChI is InChI=1S/C27H37N5O3/c1-17-16-31(12-13-32(17)23(34)11-14-35-4)27-25(28)18(2)24(26(30-27)22-9-10-22)21-7-5-20(6-8-21)15-29-19(3)33/h5-8,17,22H,9-16,28H2,1-4H3,(H,29,33)/t17-/m1/s1. The smallest absolute Gasteiger partial charge is 0.225 e. The van der Waals surface area contributed by atoms with Gasteiger partial charge in [0.2, 0.25) is 11.8 Å². The van der Waals surface area contributed by atoms with E-state index in [4.69, 9.17) is 15.5 Å². The van der Waals surface area contributed by atoms with Crippen molar-refractivity contribution in [2.24, 2.45) is 0 Å². The molecule has 3 N–H and O–H groups in total. The number of aromatic nitrogens is 1. The number of hydrogen-bond donors (Lipinski definition) is 2. The van der Waals surface area contributed by atoms with Crippen LogP contribution in [0.5, 0.6) is 0 Å². The molecule has 0 unspecified atom stereocenters. The Morgan fingerprint density at radius 3 is 2.51 bits per heavy atom. The lowest BCUT2D eigenvalue weighted by molar-refractivity contribution is -0.134. The van der Waals surface area contributed by atoms with E-state index in [-0.39, 0.29) is 17.9 Å². The predicted molar refractivity (Wildman–Crippen MR) is 138 cm³/mol. The Kier molecular flexibility index (Phi) is 7.60. The Bertz CT molecular complexity index is 1080. The summed E-state index contributed by atoms with van der Waals surface area (Å²) < 4.78 is 5.07. The van der Waals surface area contributed by atoms with E-state index in [1.165, 1.54) is 6.92 Å². The quantitative estimate of drug-likeness (QED) is 0.603. The molecule has 1 aliphatic carbocycles. The maximum absolute atomic E-state index is 12.5. The van der Waals surface area contributed by atoms with Crippen molar-refractivity contribution >= 4 is 23.3 Å². The first-order valence-corrected chi connectivity index (χ1v) is 12.5. The number of rotatable bonds is 8. The van der Waals surface area contributed by atoms with Crippen LogP contribution in [0.2, 0.25) is 0 Å². The third-order valence-corrected chi connectivity index (χ3v) is 7.02. The van der Waals surface area contributed by atoms with E-state index in [9.17, 15) is 9.59 Å². The van der Waals surface area contributed by atoms with E-state index in [0.717, 1.165) is 46.6 Å². The van der Waals surface area contributed by atoms with Gasteiger partial charge < -0.3 is 25.6 Å². The third kappa shape index (κ3) is 5.59. The van der Waals surface area contributed by atoms with Crippen molar-refractivity contribution in [1.82, 2.24) is 15.2 Å². The molecule has 8 heteroatoms. The minimum absolute atomic E-state index is 0.0389. The molecule has 2 aromatic rings. The number of carbonyl (C=O) groups is 2. The van der Waals surface area contributed by atoms with Crippen molar-refractivity contribution in [1.29, 1.82) is 0 Å². The maximum atomic E-state index is 12.5. The molecular formula is C27H37N5O3. The number of hydrogen-bond acceptors (Lipinski definition) is 6. The van der Waals surface area contributed by atoms with Crippen LogP contribution in [0.4, 0.5) is 11.5 Å². The number of amides is 2. The number of ether oxygens (including phenoxy) is 1. The zero-order chi connectivity index (χ0) is 25.1. The number of methoxy groups -OCH3 is 1. The lowest BCUT2D eigenvalue weighted by Gasteiger charge is -2.41. The van der Waals surface area contributed by atoms with Crippen molar-refractivity contribution in [3.8, 4) is 11.1 Å². The molecular weight excluding hydrogens is 442 g/mol. The molecule has 1 saturated carbocycles. The average Bonchev–Trinajstić information content (AvgIpc) is 3.68. The highest BCUT2D eigenvalue weighted by Gasteiger charge is 2.33. The highest BCUT2D eigenvalue weighted by molar-refractivity contribution is 5.82. The zero-order valence-corrected chi connectivity index (χ0v) is 21.3. The van der Waals surface area contributed by atoms with Crippen LogP contribution >= 0.6 is 0 Å². The number of piperazine rings is 1. The first-order valence-electron chi connectivity index (χ1n) is 12.5. The van der Waals surface area contributed by atoms with Crippen molar-refractivity contribution in [2.75, 3.05) is 44.0 Å². The fourth-order valence-corrected chi connectivity index (χ4v) is 4.85. The van der Waals surface area contributed by atoms with E-state index >= 15 is 0 Å². The van der Waals surface area contributed by atoms with Crippen molar-refractivity contribution in [3.63, 3.8) is 0 Å². The van der Waals surface area contributed by atoms with Gasteiger partial charge in [0.15, 0.2) is 5.82 Å². The molecule has 35 heavy (non-hydrogen) atoms. The summed E-state index contributed by atoms with van der Waals surface area (Å²) in [5, 5.41) is 2.84. The summed E-state index contributed by atoms with van der Waals surface area (Å²) in [7, 11) is 1.62. The highest BCUT2D eigenvalue weighted by Crippen LogP contribution is 2.47. The monoisotopic (exact) mass is 479 g/mol. The van der Waals surface area contributed by atoms with Gasteiger partial charge in [-0.05, 0) is 43.4 Å². The van der Waals surface area contributed by atoms with Gasteiger partial charge in [0, 0.05) is 57.7 Å². The largest absolute Gasteiger partial charge is 0.396 e. The molecule has 2 amide bonds. The highest BCUT2D eigenvalue weighted by atomic mass is 16.5. The lowest BCUT2D eigenvalue weighted by atomic mass is 9.94. The van der Waals surface area contributed by atoms with Gasteiger partial charge in [-0.3, -0.25) is 9.59 Å². The Labute approximate surface area is 207 Å². The van der Waals surface area contributed by atoms with E-state index in [1.807, 2.05) is 17.0 Å². The van der Waals surface area contributed by atoms with Crippen LogP contribution in [0.25, 0.3) is 11.1 Å². The first-order chi connectivity index (χ1) is 16.8. The summed E-state index contributed by atoms with van der Waals surface area (Å²) in [6.07, 6.45) is 2.69. The van der Waals surface area contributed by atoms with Crippen LogP contribution in [0.3, 0.4) is 0 Å². The molecule has 1 aromatic carbocycles. The molecule has 1 saturated heterocycles. The molecule has 0 spiro atoms. The summed E-state index contributed by atoms with van der Waals surface area (Å²) >= 11 is 0. The molecule has 2 aliphatic rings. The molecule has 1 aliphatic heterocycles. The summed E-state index contributed by atoms with van der Waals surface area (Å²) in [4.78, 5) is 33.1. The van der Waals surface area contributed by atoms with E-state index in [2.05, 4.69) is 36.2 Å². The normalized spacial score (nSPS) is 18.0. The van der Waals surface area contributed by atoms with Gasteiger partial charge in [-0.1, -0.05) is 24.3 Å². The molecule has 2 heterocycles. The van der Waals surface area contributed by atoms with Crippen LogP contribution in [-0.4, -0.2) is 61.1 Å². The number of benzene rings is 1. The minimum Gasteiger partial charge on any atom is -0.396 e. The van der Waals surface area contributed by atoms with Crippen LogP contribution < -0.4 is 16.0 Å². The molecule has 188 valence electrons. The summed E-state index contributed by atoms with van der Waals surface area (Å²) in [6, 6.07) is 8.37. The Morgan fingerprint density at radius 1 is 1.20 bits per heavy atom. The Morgan fingerprint density at radius 2 is 1.91 bits per heavy atom. The Hall–Kier alpha value is -3.13. The molecule has 1 atom stereocenters. The Balaban J connectivity index is 1.59. The van der Waals surface area contributed by atoms with Gasteiger partial charge >= 0.3 is 0 Å². The van der Waals surface area contributed by atoms with Crippen molar-refractivity contribution in [2.45, 2.75) is 58.5 Å². The molecule has 1 aromatic heterocycles. The molecule has 0 bridgehead atoms. The van der Waals surface area contributed by atoms with E-state index in [1.54, 1.807) is 7.11 Å². The van der Waals surface area contributed by atoms with Crippen LogP contribution in [0.1, 0.15) is 55.8 Å². The summed E-state index contributed by atoms with van der Waals surface area (Å²) in [6.45, 7) is 8.72. The number of nitrogens with zero attached hydrogens (tertiary/aromatic N) is 3. The fraction of sp³-hybridized carbons (Fsp3) is 0.519. The van der Waals surface area contributed by atoms with Crippen LogP contribution in [0.15, 0.2) is 24.3 Å². The topological polar surface area (TPSA) is 101 Å². The number of nitrogens with one attached hydrogen (secondary N) is 1. The third-order valence-electron chi connectivity index (χ3n) is 7.02. The second-order valence-corrected chi connectivity index (χ2v) is 9.74.